The quantitative estimate of drug-likeness (QED) is 0.803. The molecule has 0 aromatic carbocycles. The van der Waals surface area contributed by atoms with E-state index in [4.69, 9.17) is 5.11 Å². The number of rotatable bonds is 2. The molecule has 5 aliphatic rings. The zero-order valence-electron chi connectivity index (χ0n) is 11.4. The number of carbonyl (C=O) groups is 1. The third-order valence-electron chi connectivity index (χ3n) is 6.24. The Kier molecular flexibility index (Phi) is 2.57. The van der Waals surface area contributed by atoms with Gasteiger partial charge >= 0.3 is 5.97 Å². The molecule has 2 N–H and O–H groups in total. The SMILES string of the molecule is O=C(O)C1=CCC(C23CC4CC(CC(C4)C2)C3)NC1. The van der Waals surface area contributed by atoms with Gasteiger partial charge in [0.25, 0.3) is 0 Å². The van der Waals surface area contributed by atoms with Crippen molar-refractivity contribution in [1.82, 2.24) is 5.32 Å². The molecule has 3 nitrogen and oxygen atoms in total. The van der Waals surface area contributed by atoms with Gasteiger partial charge in [0, 0.05) is 18.2 Å². The van der Waals surface area contributed by atoms with Gasteiger partial charge in [-0.25, -0.2) is 4.79 Å². The maximum absolute atomic E-state index is 11.0. The van der Waals surface area contributed by atoms with Crippen LogP contribution in [0.3, 0.4) is 0 Å². The lowest BCUT2D eigenvalue weighted by Crippen LogP contribution is -2.57. The maximum atomic E-state index is 11.0. The van der Waals surface area contributed by atoms with Crippen molar-refractivity contribution in [3.63, 3.8) is 0 Å². The van der Waals surface area contributed by atoms with Crippen molar-refractivity contribution in [2.45, 2.75) is 51.0 Å². The molecule has 5 rings (SSSR count). The van der Waals surface area contributed by atoms with E-state index in [1.807, 2.05) is 6.08 Å². The first-order valence-electron chi connectivity index (χ1n) is 7.80. The predicted octanol–water partition coefficient (Wildman–Crippen LogP) is 2.58. The Morgan fingerprint density at radius 1 is 1.16 bits per heavy atom. The summed E-state index contributed by atoms with van der Waals surface area (Å²) in [5, 5.41) is 12.6. The smallest absolute Gasteiger partial charge is 0.332 e. The van der Waals surface area contributed by atoms with Crippen LogP contribution in [0.4, 0.5) is 0 Å². The Morgan fingerprint density at radius 3 is 2.16 bits per heavy atom. The highest BCUT2D eigenvalue weighted by Crippen LogP contribution is 2.61. The van der Waals surface area contributed by atoms with E-state index < -0.39 is 5.97 Å². The molecule has 0 aromatic heterocycles. The Hall–Kier alpha value is -0.830. The molecule has 0 spiro atoms. The topological polar surface area (TPSA) is 49.3 Å². The molecule has 1 atom stereocenters. The normalized spacial score (nSPS) is 48.1. The molecule has 0 aromatic rings. The van der Waals surface area contributed by atoms with Gasteiger partial charge < -0.3 is 10.4 Å². The molecule has 4 fully saturated rings. The molecule has 4 saturated carbocycles. The second kappa shape index (κ2) is 4.08. The van der Waals surface area contributed by atoms with Crippen molar-refractivity contribution in [3.8, 4) is 0 Å². The Balaban J connectivity index is 1.55. The predicted molar refractivity (Wildman–Crippen MR) is 72.7 cm³/mol. The summed E-state index contributed by atoms with van der Waals surface area (Å²) in [6, 6.07) is 0.531. The fraction of sp³-hybridized carbons (Fsp3) is 0.812. The van der Waals surface area contributed by atoms with E-state index in [1.54, 1.807) is 0 Å². The van der Waals surface area contributed by atoms with E-state index in [0.717, 1.165) is 24.2 Å². The molecule has 0 saturated heterocycles. The Morgan fingerprint density at radius 2 is 1.74 bits per heavy atom. The van der Waals surface area contributed by atoms with Crippen molar-refractivity contribution < 1.29 is 9.90 Å². The van der Waals surface area contributed by atoms with E-state index in [0.29, 0.717) is 23.6 Å². The number of carboxylic acid groups (broad SMARTS) is 1. The second-order valence-electron chi connectivity index (χ2n) is 7.48. The van der Waals surface area contributed by atoms with Crippen LogP contribution >= 0.6 is 0 Å². The van der Waals surface area contributed by atoms with Crippen LogP contribution in [0.5, 0.6) is 0 Å². The standard InChI is InChI=1S/C16H23NO2/c18-15(19)13-1-2-14(17-9-13)16-6-10-3-11(7-16)5-12(4-10)8-16/h1,10-12,14,17H,2-9H2,(H,18,19). The highest BCUT2D eigenvalue weighted by Gasteiger charge is 2.54. The second-order valence-corrected chi connectivity index (χ2v) is 7.48. The van der Waals surface area contributed by atoms with Gasteiger partial charge in [-0.2, -0.15) is 0 Å². The van der Waals surface area contributed by atoms with Crippen molar-refractivity contribution in [1.29, 1.82) is 0 Å². The molecule has 4 aliphatic carbocycles. The average Bonchev–Trinajstić information content (AvgIpc) is 2.37. The van der Waals surface area contributed by atoms with Crippen LogP contribution in [0.2, 0.25) is 0 Å². The number of hydrogen-bond donors (Lipinski definition) is 2. The lowest BCUT2D eigenvalue weighted by molar-refractivity contribution is -0.133. The summed E-state index contributed by atoms with van der Waals surface area (Å²) >= 11 is 0. The zero-order chi connectivity index (χ0) is 13.0. The van der Waals surface area contributed by atoms with E-state index >= 15 is 0 Å². The third kappa shape index (κ3) is 1.85. The van der Waals surface area contributed by atoms with E-state index in [1.165, 1.54) is 38.5 Å². The monoisotopic (exact) mass is 261 g/mol. The van der Waals surface area contributed by atoms with Gasteiger partial charge in [0.15, 0.2) is 0 Å². The molecule has 3 heteroatoms. The van der Waals surface area contributed by atoms with Gasteiger partial charge in [-0.15, -0.1) is 0 Å². The van der Waals surface area contributed by atoms with Gasteiger partial charge in [-0.3, -0.25) is 0 Å². The summed E-state index contributed by atoms with van der Waals surface area (Å²) in [6.07, 6.45) is 11.5. The fourth-order valence-corrected chi connectivity index (χ4v) is 5.88. The molecule has 1 aliphatic heterocycles. The summed E-state index contributed by atoms with van der Waals surface area (Å²) in [7, 11) is 0. The van der Waals surface area contributed by atoms with E-state index in [-0.39, 0.29) is 0 Å². The molecule has 19 heavy (non-hydrogen) atoms. The minimum absolute atomic E-state index is 0.495. The van der Waals surface area contributed by atoms with Gasteiger partial charge in [-0.05, 0) is 68.1 Å². The van der Waals surface area contributed by atoms with Gasteiger partial charge in [0.2, 0.25) is 0 Å². The Labute approximate surface area is 114 Å². The minimum atomic E-state index is -0.753. The summed E-state index contributed by atoms with van der Waals surface area (Å²) in [6.45, 7) is 0.557. The van der Waals surface area contributed by atoms with Crippen LogP contribution in [0.1, 0.15) is 44.9 Å². The molecular weight excluding hydrogens is 238 g/mol. The fourth-order valence-electron chi connectivity index (χ4n) is 5.88. The number of aliphatic carboxylic acids is 1. The summed E-state index contributed by atoms with van der Waals surface area (Å²) in [5.41, 5.74) is 1.05. The maximum Gasteiger partial charge on any atom is 0.332 e. The van der Waals surface area contributed by atoms with Gasteiger partial charge in [0.1, 0.15) is 0 Å². The minimum Gasteiger partial charge on any atom is -0.478 e. The summed E-state index contributed by atoms with van der Waals surface area (Å²) in [5.74, 6) is 2.16. The van der Waals surface area contributed by atoms with Crippen molar-refractivity contribution in [2.75, 3.05) is 6.54 Å². The average molecular weight is 261 g/mol. The first-order valence-corrected chi connectivity index (χ1v) is 7.80. The van der Waals surface area contributed by atoms with Gasteiger partial charge in [0.05, 0.1) is 0 Å². The molecule has 1 unspecified atom stereocenters. The third-order valence-corrected chi connectivity index (χ3v) is 6.24. The largest absolute Gasteiger partial charge is 0.478 e. The molecule has 1 heterocycles. The first kappa shape index (κ1) is 12.0. The van der Waals surface area contributed by atoms with Crippen LogP contribution in [-0.2, 0) is 4.79 Å². The van der Waals surface area contributed by atoms with Crippen LogP contribution in [0, 0.1) is 23.2 Å². The lowest BCUT2D eigenvalue weighted by atomic mass is 9.47. The molecule has 104 valence electrons. The molecule has 4 bridgehead atoms. The molecule has 0 amide bonds. The number of hydrogen-bond acceptors (Lipinski definition) is 2. The lowest BCUT2D eigenvalue weighted by Gasteiger charge is -2.60. The van der Waals surface area contributed by atoms with E-state index in [9.17, 15) is 4.79 Å². The highest BCUT2D eigenvalue weighted by atomic mass is 16.4. The van der Waals surface area contributed by atoms with E-state index in [2.05, 4.69) is 5.32 Å². The van der Waals surface area contributed by atoms with Gasteiger partial charge in [-0.1, -0.05) is 6.08 Å². The number of carboxylic acids is 1. The zero-order valence-corrected chi connectivity index (χ0v) is 11.4. The van der Waals surface area contributed by atoms with Crippen LogP contribution in [-0.4, -0.2) is 23.7 Å². The molecule has 0 radical (unpaired) electrons. The Bertz CT molecular complexity index is 405. The summed E-state index contributed by atoms with van der Waals surface area (Å²) < 4.78 is 0. The van der Waals surface area contributed by atoms with Crippen LogP contribution in [0.15, 0.2) is 11.6 Å². The highest BCUT2D eigenvalue weighted by molar-refractivity contribution is 5.87. The first-order chi connectivity index (χ1) is 9.14. The number of nitrogens with one attached hydrogen (secondary N) is 1. The van der Waals surface area contributed by atoms with Crippen molar-refractivity contribution >= 4 is 5.97 Å². The summed E-state index contributed by atoms with van der Waals surface area (Å²) in [4.78, 5) is 11.0. The molecular formula is C16H23NO2. The van der Waals surface area contributed by atoms with Crippen LogP contribution < -0.4 is 5.32 Å². The van der Waals surface area contributed by atoms with Crippen LogP contribution in [0.25, 0.3) is 0 Å². The van der Waals surface area contributed by atoms with Crippen molar-refractivity contribution in [2.24, 2.45) is 23.2 Å². The van der Waals surface area contributed by atoms with Crippen molar-refractivity contribution in [3.05, 3.63) is 11.6 Å².